The number of hydrogen-bond acceptors (Lipinski definition) is 4. The monoisotopic (exact) mass is 290 g/mol. The molecule has 21 heavy (non-hydrogen) atoms. The number of aliphatic hydroxyl groups excluding tert-OH is 1. The number of carbonyl (C=O) groups is 1. The molecule has 0 aromatic heterocycles. The van der Waals surface area contributed by atoms with E-state index in [0.29, 0.717) is 19.6 Å². The minimum Gasteiger partial charge on any atom is -0.492 e. The standard InChI is InChI=1S/C16H22N2O3/c1-2-7-18(8-10-19)9-11-21-14-4-5-15-13(12-14)3-6-16(20)17-15/h2,4-5,12,19H,1,3,6-11H2,(H,17,20). The lowest BCUT2D eigenvalue weighted by Gasteiger charge is -2.20. The Bertz CT molecular complexity index is 502. The number of ether oxygens (including phenoxy) is 1. The number of aryl methyl sites for hydroxylation is 1. The van der Waals surface area contributed by atoms with Crippen LogP contribution < -0.4 is 10.1 Å². The Hall–Kier alpha value is -1.85. The van der Waals surface area contributed by atoms with E-state index in [2.05, 4.69) is 16.8 Å². The fourth-order valence-electron chi connectivity index (χ4n) is 2.36. The highest BCUT2D eigenvalue weighted by molar-refractivity contribution is 5.93. The molecule has 0 fully saturated rings. The smallest absolute Gasteiger partial charge is 0.224 e. The lowest BCUT2D eigenvalue weighted by Crippen LogP contribution is -2.31. The summed E-state index contributed by atoms with van der Waals surface area (Å²) in [6.07, 6.45) is 3.10. The van der Waals surface area contributed by atoms with Gasteiger partial charge < -0.3 is 15.2 Å². The van der Waals surface area contributed by atoms with Crippen molar-refractivity contribution in [3.05, 3.63) is 36.4 Å². The number of carbonyl (C=O) groups excluding carboxylic acids is 1. The molecule has 114 valence electrons. The zero-order valence-electron chi connectivity index (χ0n) is 12.2. The van der Waals surface area contributed by atoms with Crippen molar-refractivity contribution < 1.29 is 14.6 Å². The summed E-state index contributed by atoms with van der Waals surface area (Å²) in [7, 11) is 0. The first-order valence-corrected chi connectivity index (χ1v) is 7.22. The average Bonchev–Trinajstić information content (AvgIpc) is 2.48. The molecule has 0 saturated carbocycles. The van der Waals surface area contributed by atoms with E-state index in [1.165, 1.54) is 0 Å². The van der Waals surface area contributed by atoms with Gasteiger partial charge in [0.1, 0.15) is 12.4 Å². The maximum atomic E-state index is 11.3. The summed E-state index contributed by atoms with van der Waals surface area (Å²) in [6.45, 7) is 6.48. The molecule has 2 rings (SSSR count). The van der Waals surface area contributed by atoms with Crippen LogP contribution in [0.25, 0.3) is 0 Å². The predicted molar refractivity (Wildman–Crippen MR) is 82.6 cm³/mol. The second-order valence-electron chi connectivity index (χ2n) is 5.03. The summed E-state index contributed by atoms with van der Waals surface area (Å²) in [6, 6.07) is 5.74. The molecule has 1 aliphatic rings. The number of nitrogens with one attached hydrogen (secondary N) is 1. The number of anilines is 1. The number of amides is 1. The summed E-state index contributed by atoms with van der Waals surface area (Å²) in [5.41, 5.74) is 2.00. The summed E-state index contributed by atoms with van der Waals surface area (Å²) in [4.78, 5) is 13.4. The van der Waals surface area contributed by atoms with Crippen LogP contribution in [0.2, 0.25) is 0 Å². The number of fused-ring (bicyclic) bond motifs is 1. The van der Waals surface area contributed by atoms with Crippen LogP contribution in [0.15, 0.2) is 30.9 Å². The van der Waals surface area contributed by atoms with Crippen LogP contribution in [0.5, 0.6) is 5.75 Å². The second-order valence-corrected chi connectivity index (χ2v) is 5.03. The van der Waals surface area contributed by atoms with Crippen LogP contribution in [0, 0.1) is 0 Å². The van der Waals surface area contributed by atoms with Gasteiger partial charge in [-0.2, -0.15) is 0 Å². The highest BCUT2D eigenvalue weighted by Crippen LogP contribution is 2.26. The van der Waals surface area contributed by atoms with E-state index in [1.807, 2.05) is 24.3 Å². The Morgan fingerprint density at radius 3 is 3.00 bits per heavy atom. The van der Waals surface area contributed by atoms with Crippen LogP contribution in [0.4, 0.5) is 5.69 Å². The number of benzene rings is 1. The van der Waals surface area contributed by atoms with Crippen LogP contribution in [0.1, 0.15) is 12.0 Å². The van der Waals surface area contributed by atoms with Crippen LogP contribution in [-0.2, 0) is 11.2 Å². The molecule has 0 atom stereocenters. The Morgan fingerprint density at radius 1 is 1.38 bits per heavy atom. The largest absolute Gasteiger partial charge is 0.492 e. The zero-order valence-corrected chi connectivity index (χ0v) is 12.2. The van der Waals surface area contributed by atoms with E-state index in [-0.39, 0.29) is 12.5 Å². The normalized spacial score (nSPS) is 13.7. The summed E-state index contributed by atoms with van der Waals surface area (Å²) in [5, 5.41) is 11.8. The molecule has 5 heteroatoms. The van der Waals surface area contributed by atoms with Crippen molar-refractivity contribution in [2.24, 2.45) is 0 Å². The van der Waals surface area contributed by atoms with E-state index in [0.717, 1.165) is 36.5 Å². The van der Waals surface area contributed by atoms with E-state index in [1.54, 1.807) is 0 Å². The van der Waals surface area contributed by atoms with Gasteiger partial charge in [-0.15, -0.1) is 6.58 Å². The van der Waals surface area contributed by atoms with Crippen molar-refractivity contribution in [2.45, 2.75) is 12.8 Å². The van der Waals surface area contributed by atoms with Crippen molar-refractivity contribution in [3.63, 3.8) is 0 Å². The third-order valence-corrected chi connectivity index (χ3v) is 3.45. The van der Waals surface area contributed by atoms with E-state index in [4.69, 9.17) is 9.84 Å². The molecule has 1 aromatic rings. The molecular weight excluding hydrogens is 268 g/mol. The maximum absolute atomic E-state index is 11.3. The van der Waals surface area contributed by atoms with Gasteiger partial charge in [-0.1, -0.05) is 6.08 Å². The molecular formula is C16H22N2O3. The minimum absolute atomic E-state index is 0.0697. The molecule has 2 N–H and O–H groups in total. The fourth-order valence-corrected chi connectivity index (χ4v) is 2.36. The molecule has 1 amide bonds. The number of rotatable bonds is 8. The molecule has 1 aliphatic heterocycles. The Morgan fingerprint density at radius 2 is 2.24 bits per heavy atom. The first kappa shape index (κ1) is 15.5. The van der Waals surface area contributed by atoms with Gasteiger partial charge in [0, 0.05) is 31.7 Å². The lowest BCUT2D eigenvalue weighted by molar-refractivity contribution is -0.116. The topological polar surface area (TPSA) is 61.8 Å². The van der Waals surface area contributed by atoms with Crippen molar-refractivity contribution in [1.82, 2.24) is 4.90 Å². The molecule has 0 bridgehead atoms. The lowest BCUT2D eigenvalue weighted by atomic mass is 10.0. The third-order valence-electron chi connectivity index (χ3n) is 3.45. The summed E-state index contributed by atoms with van der Waals surface area (Å²) >= 11 is 0. The van der Waals surface area contributed by atoms with E-state index in [9.17, 15) is 4.79 Å². The number of hydrogen-bond donors (Lipinski definition) is 2. The van der Waals surface area contributed by atoms with Crippen molar-refractivity contribution in [1.29, 1.82) is 0 Å². The van der Waals surface area contributed by atoms with Gasteiger partial charge in [-0.25, -0.2) is 0 Å². The third kappa shape index (κ3) is 4.58. The van der Waals surface area contributed by atoms with E-state index >= 15 is 0 Å². The summed E-state index contributed by atoms with van der Waals surface area (Å²) < 4.78 is 5.75. The highest BCUT2D eigenvalue weighted by atomic mass is 16.5. The van der Waals surface area contributed by atoms with Gasteiger partial charge in [-0.05, 0) is 30.2 Å². The number of aliphatic hydroxyl groups is 1. The number of nitrogens with zero attached hydrogens (tertiary/aromatic N) is 1. The van der Waals surface area contributed by atoms with Gasteiger partial charge in [-0.3, -0.25) is 9.69 Å². The van der Waals surface area contributed by atoms with Crippen molar-refractivity contribution in [2.75, 3.05) is 38.2 Å². The van der Waals surface area contributed by atoms with Gasteiger partial charge >= 0.3 is 0 Å². The Labute approximate surface area is 125 Å². The van der Waals surface area contributed by atoms with E-state index < -0.39 is 0 Å². The molecule has 1 heterocycles. The van der Waals surface area contributed by atoms with Gasteiger partial charge in [0.2, 0.25) is 5.91 Å². The van der Waals surface area contributed by atoms with Crippen molar-refractivity contribution >= 4 is 11.6 Å². The first-order chi connectivity index (χ1) is 10.2. The summed E-state index contributed by atoms with van der Waals surface area (Å²) in [5.74, 6) is 0.882. The molecule has 1 aromatic carbocycles. The van der Waals surface area contributed by atoms with Crippen molar-refractivity contribution in [3.8, 4) is 5.75 Å². The molecule has 0 unspecified atom stereocenters. The molecule has 0 radical (unpaired) electrons. The quantitative estimate of drug-likeness (QED) is 0.711. The average molecular weight is 290 g/mol. The zero-order chi connectivity index (χ0) is 15.1. The SMILES string of the molecule is C=CCN(CCO)CCOc1ccc2c(c1)CCC(=O)N2. The second kappa shape index (κ2) is 7.81. The van der Waals surface area contributed by atoms with Gasteiger partial charge in [0.25, 0.3) is 0 Å². The van der Waals surface area contributed by atoms with Crippen LogP contribution in [0.3, 0.4) is 0 Å². The predicted octanol–water partition coefficient (Wildman–Crippen LogP) is 1.43. The minimum atomic E-state index is 0.0697. The molecule has 0 saturated heterocycles. The molecule has 0 aliphatic carbocycles. The Kier molecular flexibility index (Phi) is 5.78. The fraction of sp³-hybridized carbons (Fsp3) is 0.438. The van der Waals surface area contributed by atoms with Gasteiger partial charge in [0.15, 0.2) is 0 Å². The molecule has 0 spiro atoms. The Balaban J connectivity index is 1.86. The molecule has 5 nitrogen and oxygen atoms in total. The maximum Gasteiger partial charge on any atom is 0.224 e. The van der Waals surface area contributed by atoms with Gasteiger partial charge in [0.05, 0.1) is 6.61 Å². The van der Waals surface area contributed by atoms with Crippen LogP contribution >= 0.6 is 0 Å². The highest BCUT2D eigenvalue weighted by Gasteiger charge is 2.15. The first-order valence-electron chi connectivity index (χ1n) is 7.22. The van der Waals surface area contributed by atoms with Crippen LogP contribution in [-0.4, -0.2) is 48.8 Å².